The smallest absolute Gasteiger partial charge is 0.443 e. The fourth-order valence-electron chi connectivity index (χ4n) is 3.77. The Hall–Kier alpha value is -3.22. The summed E-state index contributed by atoms with van der Waals surface area (Å²) in [6.45, 7) is 7.12. The average Bonchev–Trinajstić information content (AvgIpc) is 3.41. The minimum Gasteiger partial charge on any atom is -0.464 e. The highest BCUT2D eigenvalue weighted by atomic mass is 32.1. The summed E-state index contributed by atoms with van der Waals surface area (Å²) in [5.41, 5.74) is 1.35. The fraction of sp³-hybridized carbons (Fsp3) is 0.476. The predicted molar refractivity (Wildman–Crippen MR) is 120 cm³/mol. The molecule has 0 bridgehead atoms. The fourth-order valence-corrected chi connectivity index (χ4v) is 4.76. The third kappa shape index (κ3) is 5.13. The Bertz CT molecular complexity index is 1150. The van der Waals surface area contributed by atoms with E-state index < -0.39 is 11.2 Å². The molecule has 13 heteroatoms. The Morgan fingerprint density at radius 3 is 2.59 bits per heavy atom. The number of ether oxygens (including phenoxy) is 1. The molecule has 1 amide bonds. The summed E-state index contributed by atoms with van der Waals surface area (Å²) in [4.78, 5) is 28.4. The normalized spacial score (nSPS) is 16.7. The molecule has 3 aromatic rings. The van der Waals surface area contributed by atoms with E-state index in [1.165, 1.54) is 12.4 Å². The predicted octanol–water partition coefficient (Wildman–Crippen LogP) is 3.26. The van der Waals surface area contributed by atoms with E-state index in [2.05, 4.69) is 20.1 Å². The van der Waals surface area contributed by atoms with Gasteiger partial charge in [0.15, 0.2) is 0 Å². The third-order valence-corrected chi connectivity index (χ3v) is 6.49. The molecule has 4 heterocycles. The highest BCUT2D eigenvalue weighted by molar-refractivity contribution is 7.16. The summed E-state index contributed by atoms with van der Waals surface area (Å²) >= 11 is 0.585. The third-order valence-electron chi connectivity index (χ3n) is 5.33. The lowest BCUT2D eigenvalue weighted by molar-refractivity contribution is -0.137. The molecular formula is C21H24F3N7O2S. The lowest BCUT2D eigenvalue weighted by atomic mass is 10.1. The number of amides is 1. The molecule has 0 saturated carbocycles. The molecule has 0 N–H and O–H groups in total. The van der Waals surface area contributed by atoms with Crippen LogP contribution >= 0.6 is 11.3 Å². The van der Waals surface area contributed by atoms with Gasteiger partial charge in [0.05, 0.1) is 12.3 Å². The number of carbonyl (C=O) groups is 1. The molecule has 3 aromatic heterocycles. The van der Waals surface area contributed by atoms with Crippen molar-refractivity contribution < 1.29 is 22.7 Å². The average molecular weight is 496 g/mol. The molecule has 34 heavy (non-hydrogen) atoms. The minimum absolute atomic E-state index is 0.0873. The number of rotatable bonds is 6. The van der Waals surface area contributed by atoms with Crippen LogP contribution < -0.4 is 9.64 Å². The molecule has 1 aliphatic rings. The quantitative estimate of drug-likeness (QED) is 0.519. The van der Waals surface area contributed by atoms with Gasteiger partial charge in [-0.15, -0.1) is 0 Å². The van der Waals surface area contributed by atoms with Gasteiger partial charge in [0.25, 0.3) is 0 Å². The highest BCUT2D eigenvalue weighted by Gasteiger charge is 2.38. The number of halogens is 3. The van der Waals surface area contributed by atoms with Gasteiger partial charge >= 0.3 is 12.2 Å². The Morgan fingerprint density at radius 1 is 1.26 bits per heavy atom. The van der Waals surface area contributed by atoms with E-state index in [0.717, 1.165) is 5.69 Å². The van der Waals surface area contributed by atoms with Crippen molar-refractivity contribution in [3.63, 3.8) is 0 Å². The van der Waals surface area contributed by atoms with E-state index in [1.54, 1.807) is 22.7 Å². The molecule has 182 valence electrons. The molecule has 1 atom stereocenters. The molecule has 0 radical (unpaired) electrons. The van der Waals surface area contributed by atoms with Crippen molar-refractivity contribution in [1.82, 2.24) is 29.6 Å². The van der Waals surface area contributed by atoms with Crippen molar-refractivity contribution in [3.8, 4) is 17.3 Å². The number of aromatic nitrogens is 5. The first-order valence-electron chi connectivity index (χ1n) is 10.7. The second-order valence-corrected chi connectivity index (χ2v) is 8.87. The summed E-state index contributed by atoms with van der Waals surface area (Å²) in [5.74, 6) is -0.0873. The van der Waals surface area contributed by atoms with Gasteiger partial charge in [0.1, 0.15) is 17.2 Å². The molecule has 0 spiro atoms. The van der Waals surface area contributed by atoms with E-state index in [0.29, 0.717) is 48.1 Å². The van der Waals surface area contributed by atoms with Gasteiger partial charge in [0, 0.05) is 49.8 Å². The number of anilines is 1. The van der Waals surface area contributed by atoms with Gasteiger partial charge in [0.2, 0.25) is 10.9 Å². The van der Waals surface area contributed by atoms with Crippen molar-refractivity contribution in [2.75, 3.05) is 31.1 Å². The molecule has 1 fully saturated rings. The summed E-state index contributed by atoms with van der Waals surface area (Å²) < 4.78 is 47.3. The number of hydrogen-bond donors (Lipinski definition) is 0. The lowest BCUT2D eigenvalue weighted by Crippen LogP contribution is -2.54. The number of carbonyl (C=O) groups excluding carboxylic acids is 1. The first kappa shape index (κ1) is 23.9. The van der Waals surface area contributed by atoms with Crippen molar-refractivity contribution in [2.24, 2.45) is 0 Å². The van der Waals surface area contributed by atoms with Gasteiger partial charge in [-0.3, -0.25) is 9.48 Å². The van der Waals surface area contributed by atoms with Crippen molar-refractivity contribution in [3.05, 3.63) is 35.4 Å². The van der Waals surface area contributed by atoms with E-state index in [4.69, 9.17) is 4.74 Å². The molecule has 9 nitrogen and oxygen atoms in total. The van der Waals surface area contributed by atoms with E-state index in [1.807, 2.05) is 24.8 Å². The second-order valence-electron chi connectivity index (χ2n) is 7.89. The van der Waals surface area contributed by atoms with Crippen LogP contribution in [0.15, 0.2) is 24.7 Å². The molecule has 0 aliphatic carbocycles. The summed E-state index contributed by atoms with van der Waals surface area (Å²) in [5, 5.41) is 3.68. The van der Waals surface area contributed by atoms with Gasteiger partial charge in [-0.25, -0.2) is 15.0 Å². The number of alkyl halides is 3. The van der Waals surface area contributed by atoms with Crippen LogP contribution in [0.2, 0.25) is 0 Å². The van der Waals surface area contributed by atoms with E-state index in [-0.39, 0.29) is 30.2 Å². The summed E-state index contributed by atoms with van der Waals surface area (Å²) in [6, 6.07) is 1.76. The SMILES string of the molecule is CCOc1ncc(-c2nc(C(F)(F)F)sc2N2CCN(C(=O)Cn3ccc(C)n3)[C@H](C)C2)cn1. The zero-order valence-electron chi connectivity index (χ0n) is 18.9. The highest BCUT2D eigenvalue weighted by Crippen LogP contribution is 2.43. The maximum Gasteiger partial charge on any atom is 0.443 e. The minimum atomic E-state index is -4.57. The van der Waals surface area contributed by atoms with Crippen molar-refractivity contribution in [2.45, 2.75) is 39.5 Å². The van der Waals surface area contributed by atoms with Gasteiger partial charge in [-0.05, 0) is 26.8 Å². The van der Waals surface area contributed by atoms with Crippen molar-refractivity contribution >= 4 is 22.2 Å². The standard InChI is InChI=1S/C21H24F3N7O2S/c1-4-33-20-25-9-15(10-26-20)17-18(34-19(27-17)21(22,23)24)29-7-8-31(14(3)11-29)16(32)12-30-6-5-13(2)28-30/h5-6,9-10,14H,4,7-8,11-12H2,1-3H3/t14-/m1/s1. The Balaban J connectivity index is 1.55. The van der Waals surface area contributed by atoms with Crippen LogP contribution in [0, 0.1) is 6.92 Å². The zero-order chi connectivity index (χ0) is 24.5. The maximum absolute atomic E-state index is 13.5. The van der Waals surface area contributed by atoms with Crippen LogP contribution in [0.25, 0.3) is 11.3 Å². The van der Waals surface area contributed by atoms with Crippen LogP contribution in [-0.2, 0) is 17.5 Å². The number of thiazole rings is 1. The van der Waals surface area contributed by atoms with Crippen molar-refractivity contribution in [1.29, 1.82) is 0 Å². The van der Waals surface area contributed by atoms with Gasteiger partial charge in [-0.2, -0.15) is 18.3 Å². The Kier molecular flexibility index (Phi) is 6.73. The van der Waals surface area contributed by atoms with Crippen LogP contribution in [0.5, 0.6) is 6.01 Å². The largest absolute Gasteiger partial charge is 0.464 e. The topological polar surface area (TPSA) is 89.3 Å². The molecule has 4 rings (SSSR count). The van der Waals surface area contributed by atoms with Crippen LogP contribution in [-0.4, -0.2) is 67.8 Å². The number of aryl methyl sites for hydroxylation is 1. The Morgan fingerprint density at radius 2 is 2.00 bits per heavy atom. The van der Waals surface area contributed by atoms with E-state index >= 15 is 0 Å². The van der Waals surface area contributed by atoms with Crippen LogP contribution in [0.3, 0.4) is 0 Å². The summed E-state index contributed by atoms with van der Waals surface area (Å²) in [6.07, 6.45) is -0.0116. The van der Waals surface area contributed by atoms with Crippen LogP contribution in [0.1, 0.15) is 24.5 Å². The Labute approximate surface area is 198 Å². The second kappa shape index (κ2) is 9.57. The molecule has 0 unspecified atom stereocenters. The molecule has 0 aromatic carbocycles. The lowest BCUT2D eigenvalue weighted by Gasteiger charge is -2.40. The van der Waals surface area contributed by atoms with Crippen LogP contribution in [0.4, 0.5) is 18.2 Å². The molecular weight excluding hydrogens is 471 g/mol. The number of hydrogen-bond acceptors (Lipinski definition) is 8. The van der Waals surface area contributed by atoms with Gasteiger partial charge in [-0.1, -0.05) is 11.3 Å². The first-order valence-corrected chi connectivity index (χ1v) is 11.5. The first-order chi connectivity index (χ1) is 16.2. The monoisotopic (exact) mass is 495 g/mol. The number of nitrogens with zero attached hydrogens (tertiary/aromatic N) is 7. The molecule has 1 saturated heterocycles. The summed E-state index contributed by atoms with van der Waals surface area (Å²) in [7, 11) is 0. The zero-order valence-corrected chi connectivity index (χ0v) is 19.7. The van der Waals surface area contributed by atoms with Gasteiger partial charge < -0.3 is 14.5 Å². The van der Waals surface area contributed by atoms with E-state index in [9.17, 15) is 18.0 Å². The number of piperazine rings is 1. The molecule has 1 aliphatic heterocycles. The maximum atomic E-state index is 13.5.